The molecule has 1 aliphatic heterocycles. The number of hydrogen-bond acceptors (Lipinski definition) is 7. The van der Waals surface area contributed by atoms with Crippen LogP contribution in [-0.2, 0) is 23.9 Å². The van der Waals surface area contributed by atoms with Crippen molar-refractivity contribution in [1.82, 2.24) is 31.1 Å². The number of nitrogens with one attached hydrogen (secondary N) is 4. The van der Waals surface area contributed by atoms with Gasteiger partial charge in [-0.15, -0.1) is 6.58 Å². The van der Waals surface area contributed by atoms with Crippen LogP contribution in [0.2, 0.25) is 0 Å². The number of nitrogens with zero attached hydrogens (tertiary/aromatic N) is 2. The summed E-state index contributed by atoms with van der Waals surface area (Å²) in [5.41, 5.74) is -1.86. The van der Waals surface area contributed by atoms with Crippen molar-refractivity contribution in [3.63, 3.8) is 0 Å². The summed E-state index contributed by atoms with van der Waals surface area (Å²) in [5.74, 6) is -2.17. The van der Waals surface area contributed by atoms with Crippen LogP contribution in [-0.4, -0.2) is 102 Å². The number of ketones is 1. The monoisotopic (exact) mass is 662 g/mol. The van der Waals surface area contributed by atoms with E-state index in [1.807, 2.05) is 41.5 Å². The Morgan fingerprint density at radius 3 is 2.04 bits per heavy atom. The SMILES string of the molecule is C=CCNC(=O)C(=O)C(CC1CC1)NC(=O)C1CCCN1C(=O)C(NC(=O)NC(CN(C)C(=O)OC(C)(C)C)C(C)(C)C)C(C)(C)C. The minimum absolute atomic E-state index is 0.130. The molecule has 2 aliphatic rings. The van der Waals surface area contributed by atoms with Gasteiger partial charge in [-0.2, -0.15) is 0 Å². The Balaban J connectivity index is 2.18. The van der Waals surface area contributed by atoms with Crippen molar-refractivity contribution in [2.75, 3.05) is 26.7 Å². The van der Waals surface area contributed by atoms with E-state index in [9.17, 15) is 28.8 Å². The van der Waals surface area contributed by atoms with Crippen LogP contribution in [0.1, 0.15) is 94.4 Å². The zero-order chi connectivity index (χ0) is 35.9. The zero-order valence-electron chi connectivity index (χ0n) is 30.1. The molecule has 1 saturated heterocycles. The predicted molar refractivity (Wildman–Crippen MR) is 179 cm³/mol. The predicted octanol–water partition coefficient (Wildman–Crippen LogP) is 3.13. The number of likely N-dealkylation sites (tertiary alicyclic amines) is 1. The van der Waals surface area contributed by atoms with E-state index in [4.69, 9.17) is 4.74 Å². The lowest BCUT2D eigenvalue weighted by atomic mass is 9.85. The first-order valence-corrected chi connectivity index (χ1v) is 16.6. The Bertz CT molecular complexity index is 1180. The Kier molecular flexibility index (Phi) is 13.4. The highest BCUT2D eigenvalue weighted by atomic mass is 16.6. The molecule has 1 aliphatic carbocycles. The number of carbonyl (C=O) groups excluding carboxylic acids is 6. The van der Waals surface area contributed by atoms with Crippen LogP contribution >= 0.6 is 0 Å². The highest BCUT2D eigenvalue weighted by Crippen LogP contribution is 2.34. The van der Waals surface area contributed by atoms with Crippen molar-refractivity contribution >= 4 is 35.6 Å². The molecule has 0 radical (unpaired) electrons. The summed E-state index contributed by atoms with van der Waals surface area (Å²) >= 11 is 0. The van der Waals surface area contributed by atoms with Crippen LogP contribution in [0.4, 0.5) is 9.59 Å². The van der Waals surface area contributed by atoms with E-state index >= 15 is 0 Å². The number of rotatable bonds is 13. The van der Waals surface area contributed by atoms with Gasteiger partial charge < -0.3 is 35.8 Å². The number of ether oxygens (including phenoxy) is 1. The van der Waals surface area contributed by atoms with E-state index in [1.54, 1.807) is 27.8 Å². The molecular weight excluding hydrogens is 604 g/mol. The normalized spacial score (nSPS) is 18.7. The van der Waals surface area contributed by atoms with Crippen LogP contribution in [0.15, 0.2) is 12.7 Å². The maximum absolute atomic E-state index is 14.1. The Labute approximate surface area is 280 Å². The second kappa shape index (κ2) is 16.0. The van der Waals surface area contributed by atoms with Crippen molar-refractivity contribution in [3.05, 3.63) is 12.7 Å². The largest absolute Gasteiger partial charge is 0.444 e. The fourth-order valence-corrected chi connectivity index (χ4v) is 5.27. The second-order valence-corrected chi connectivity index (χ2v) is 16.0. The van der Waals surface area contributed by atoms with Gasteiger partial charge in [-0.25, -0.2) is 9.59 Å². The molecule has 4 atom stereocenters. The van der Waals surface area contributed by atoms with Gasteiger partial charge in [0.2, 0.25) is 17.6 Å². The molecular formula is C34H58N6O7. The van der Waals surface area contributed by atoms with E-state index < -0.39 is 76.2 Å². The van der Waals surface area contributed by atoms with E-state index in [0.717, 1.165) is 12.8 Å². The zero-order valence-corrected chi connectivity index (χ0v) is 30.1. The lowest BCUT2D eigenvalue weighted by molar-refractivity contribution is -0.143. The molecule has 266 valence electrons. The van der Waals surface area contributed by atoms with Gasteiger partial charge in [0.1, 0.15) is 17.7 Å². The maximum Gasteiger partial charge on any atom is 0.410 e. The third-order valence-corrected chi connectivity index (χ3v) is 8.27. The summed E-state index contributed by atoms with van der Waals surface area (Å²) in [7, 11) is 1.60. The molecule has 13 nitrogen and oxygen atoms in total. The summed E-state index contributed by atoms with van der Waals surface area (Å²) in [6.45, 7) is 20.8. The molecule has 0 aromatic rings. The van der Waals surface area contributed by atoms with Crippen molar-refractivity contribution in [2.45, 2.75) is 124 Å². The number of hydrogen-bond donors (Lipinski definition) is 4. The van der Waals surface area contributed by atoms with E-state index in [0.29, 0.717) is 25.8 Å². The van der Waals surface area contributed by atoms with Crippen LogP contribution < -0.4 is 21.3 Å². The molecule has 13 heteroatoms. The Hall–Kier alpha value is -3.64. The van der Waals surface area contributed by atoms with E-state index in [-0.39, 0.29) is 19.0 Å². The number of Topliss-reactive ketones (excluding diaryl/α,β-unsaturated/α-hetero) is 1. The van der Waals surface area contributed by atoms with E-state index in [1.165, 1.54) is 15.9 Å². The first kappa shape index (κ1) is 39.5. The average molecular weight is 663 g/mol. The van der Waals surface area contributed by atoms with Gasteiger partial charge in [-0.05, 0) is 56.8 Å². The second-order valence-electron chi connectivity index (χ2n) is 16.0. The highest BCUT2D eigenvalue weighted by Gasteiger charge is 2.44. The fourth-order valence-electron chi connectivity index (χ4n) is 5.27. The van der Waals surface area contributed by atoms with Crippen molar-refractivity contribution in [1.29, 1.82) is 0 Å². The van der Waals surface area contributed by atoms with Gasteiger partial charge in [0.25, 0.3) is 5.91 Å². The first-order chi connectivity index (χ1) is 21.5. The molecule has 4 unspecified atom stereocenters. The van der Waals surface area contributed by atoms with Crippen LogP contribution in [0.25, 0.3) is 0 Å². The summed E-state index contributed by atoms with van der Waals surface area (Å²) < 4.78 is 5.46. The molecule has 0 aromatic heterocycles. The quantitative estimate of drug-likeness (QED) is 0.174. The molecule has 0 spiro atoms. The van der Waals surface area contributed by atoms with Gasteiger partial charge in [0, 0.05) is 26.7 Å². The van der Waals surface area contributed by atoms with Crippen molar-refractivity contribution in [3.8, 4) is 0 Å². The number of likely N-dealkylation sites (N-methyl/N-ethyl adjacent to an activating group) is 1. The van der Waals surface area contributed by atoms with Gasteiger partial charge in [-0.1, -0.05) is 60.5 Å². The topological polar surface area (TPSA) is 166 Å². The fraction of sp³-hybridized carbons (Fsp3) is 0.765. The van der Waals surface area contributed by atoms with Crippen LogP contribution in [0, 0.1) is 16.7 Å². The lowest BCUT2D eigenvalue weighted by Crippen LogP contribution is -2.62. The summed E-state index contributed by atoms with van der Waals surface area (Å²) in [6, 6.07) is -3.92. The standard InChI is InChI=1S/C34H58N6O7/c1-12-17-35-28(43)25(41)22(19-21-15-16-21)36-27(42)23-14-13-18-40(23)29(44)26(33(5,6)7)38-30(45)37-24(32(2,3)4)20-39(11)31(46)47-34(8,9)10/h12,21-24,26H,1,13-20H2,2-11H3,(H,35,43)(H,36,42)(H2,37,38,45). The number of amides is 6. The summed E-state index contributed by atoms with van der Waals surface area (Å²) in [5, 5.41) is 11.0. The smallest absolute Gasteiger partial charge is 0.410 e. The molecule has 4 N–H and O–H groups in total. The maximum atomic E-state index is 14.1. The van der Waals surface area contributed by atoms with Crippen LogP contribution in [0.5, 0.6) is 0 Å². The van der Waals surface area contributed by atoms with Gasteiger partial charge in [0.05, 0.1) is 12.1 Å². The molecule has 2 rings (SSSR count). The minimum atomic E-state index is -0.993. The molecule has 1 heterocycles. The number of carbonyl (C=O) groups is 6. The Morgan fingerprint density at radius 1 is 0.915 bits per heavy atom. The molecule has 0 bridgehead atoms. The Morgan fingerprint density at radius 2 is 1.53 bits per heavy atom. The third-order valence-electron chi connectivity index (χ3n) is 8.27. The number of urea groups is 1. The van der Waals surface area contributed by atoms with Crippen molar-refractivity contribution in [2.24, 2.45) is 16.7 Å². The molecule has 2 fully saturated rings. The van der Waals surface area contributed by atoms with E-state index in [2.05, 4.69) is 27.8 Å². The first-order valence-electron chi connectivity index (χ1n) is 16.6. The van der Waals surface area contributed by atoms with Crippen molar-refractivity contribution < 1.29 is 33.5 Å². The van der Waals surface area contributed by atoms with Crippen LogP contribution in [0.3, 0.4) is 0 Å². The average Bonchev–Trinajstić information content (AvgIpc) is 3.61. The minimum Gasteiger partial charge on any atom is -0.444 e. The third kappa shape index (κ3) is 12.5. The summed E-state index contributed by atoms with van der Waals surface area (Å²) in [6.07, 6.45) is 4.11. The molecule has 0 aromatic carbocycles. The van der Waals surface area contributed by atoms with Gasteiger partial charge >= 0.3 is 12.1 Å². The summed E-state index contributed by atoms with van der Waals surface area (Å²) in [4.78, 5) is 81.9. The van der Waals surface area contributed by atoms with Gasteiger partial charge in [0.15, 0.2) is 0 Å². The molecule has 47 heavy (non-hydrogen) atoms. The molecule has 6 amide bonds. The van der Waals surface area contributed by atoms with Gasteiger partial charge in [-0.3, -0.25) is 19.2 Å². The lowest BCUT2D eigenvalue weighted by Gasteiger charge is -2.38. The highest BCUT2D eigenvalue weighted by molar-refractivity contribution is 6.38. The molecule has 1 saturated carbocycles.